The van der Waals surface area contributed by atoms with Crippen LogP contribution in [-0.4, -0.2) is 0 Å². The standard InChI is InChI=1S/C24H30F2O/c1-2-3-4-5-18-6-8-20(9-7-18)21-10-12-24(13-11-21)27-17-19-14-22(25)16-23(26)15-19/h10-16,18,20H,2-9,17H2,1H3. The van der Waals surface area contributed by atoms with Crippen LogP contribution in [0.4, 0.5) is 8.78 Å². The van der Waals surface area contributed by atoms with Gasteiger partial charge in [-0.2, -0.15) is 0 Å². The molecule has 146 valence electrons. The van der Waals surface area contributed by atoms with Gasteiger partial charge in [0.15, 0.2) is 0 Å². The first-order valence-corrected chi connectivity index (χ1v) is 10.3. The Morgan fingerprint density at radius 1 is 0.889 bits per heavy atom. The first kappa shape index (κ1) is 19.9. The summed E-state index contributed by atoms with van der Waals surface area (Å²) in [7, 11) is 0. The molecule has 1 fully saturated rings. The molecule has 1 saturated carbocycles. The highest BCUT2D eigenvalue weighted by Gasteiger charge is 2.22. The van der Waals surface area contributed by atoms with E-state index in [1.165, 1.54) is 69.1 Å². The van der Waals surface area contributed by atoms with Gasteiger partial charge in [0.1, 0.15) is 24.0 Å². The molecule has 3 heteroatoms. The van der Waals surface area contributed by atoms with Crippen LogP contribution >= 0.6 is 0 Å². The van der Waals surface area contributed by atoms with Crippen LogP contribution in [0.1, 0.15) is 75.3 Å². The van der Waals surface area contributed by atoms with Gasteiger partial charge in [0.2, 0.25) is 0 Å². The summed E-state index contributed by atoms with van der Waals surface area (Å²) in [5.41, 5.74) is 1.88. The predicted molar refractivity (Wildman–Crippen MR) is 106 cm³/mol. The molecular weight excluding hydrogens is 342 g/mol. The van der Waals surface area contributed by atoms with Crippen LogP contribution < -0.4 is 4.74 Å². The average Bonchev–Trinajstić information content (AvgIpc) is 2.67. The highest BCUT2D eigenvalue weighted by Crippen LogP contribution is 2.38. The van der Waals surface area contributed by atoms with Crippen molar-refractivity contribution in [2.45, 2.75) is 70.8 Å². The van der Waals surface area contributed by atoms with Crippen LogP contribution in [0.25, 0.3) is 0 Å². The summed E-state index contributed by atoms with van der Waals surface area (Å²) in [6.45, 7) is 2.43. The van der Waals surface area contributed by atoms with E-state index in [1.54, 1.807) is 0 Å². The Bertz CT molecular complexity index is 683. The number of hydrogen-bond donors (Lipinski definition) is 0. The highest BCUT2D eigenvalue weighted by atomic mass is 19.1. The van der Waals surface area contributed by atoms with Crippen molar-refractivity contribution in [3.63, 3.8) is 0 Å². The second kappa shape index (κ2) is 9.87. The number of hydrogen-bond acceptors (Lipinski definition) is 1. The van der Waals surface area contributed by atoms with E-state index in [0.717, 1.165) is 17.7 Å². The molecule has 0 atom stereocenters. The second-order valence-electron chi connectivity index (χ2n) is 7.85. The van der Waals surface area contributed by atoms with Crippen LogP contribution in [0.5, 0.6) is 5.75 Å². The number of unbranched alkanes of at least 4 members (excludes halogenated alkanes) is 2. The molecule has 0 unspecified atom stereocenters. The fourth-order valence-corrected chi connectivity index (χ4v) is 4.16. The third-order valence-corrected chi connectivity index (χ3v) is 5.74. The zero-order valence-electron chi connectivity index (χ0n) is 16.2. The highest BCUT2D eigenvalue weighted by molar-refractivity contribution is 5.30. The molecular formula is C24H30F2O. The molecule has 0 aromatic heterocycles. The molecule has 1 nitrogen and oxygen atoms in total. The van der Waals surface area contributed by atoms with Crippen molar-refractivity contribution in [3.8, 4) is 5.75 Å². The Morgan fingerprint density at radius 3 is 2.19 bits per heavy atom. The predicted octanol–water partition coefficient (Wildman–Crippen LogP) is 7.40. The zero-order chi connectivity index (χ0) is 19.1. The molecule has 2 aromatic carbocycles. The fraction of sp³-hybridized carbons (Fsp3) is 0.500. The molecule has 0 radical (unpaired) electrons. The van der Waals surface area contributed by atoms with E-state index in [9.17, 15) is 8.78 Å². The third kappa shape index (κ3) is 6.05. The van der Waals surface area contributed by atoms with E-state index in [2.05, 4.69) is 19.1 Å². The number of ether oxygens (including phenoxy) is 1. The topological polar surface area (TPSA) is 9.23 Å². The van der Waals surface area contributed by atoms with Crippen LogP contribution in [0.15, 0.2) is 42.5 Å². The third-order valence-electron chi connectivity index (χ3n) is 5.74. The van der Waals surface area contributed by atoms with E-state index >= 15 is 0 Å². The monoisotopic (exact) mass is 372 g/mol. The van der Waals surface area contributed by atoms with Crippen molar-refractivity contribution >= 4 is 0 Å². The summed E-state index contributed by atoms with van der Waals surface area (Å²) in [6.07, 6.45) is 10.7. The number of benzene rings is 2. The Labute approximate surface area is 161 Å². The van der Waals surface area contributed by atoms with E-state index in [1.807, 2.05) is 12.1 Å². The van der Waals surface area contributed by atoms with Crippen LogP contribution in [-0.2, 0) is 6.61 Å². The summed E-state index contributed by atoms with van der Waals surface area (Å²) in [5, 5.41) is 0. The summed E-state index contributed by atoms with van der Waals surface area (Å²) >= 11 is 0. The number of halogens is 2. The molecule has 0 aliphatic heterocycles. The summed E-state index contributed by atoms with van der Waals surface area (Å²) in [5.74, 6) is 1.15. The second-order valence-corrected chi connectivity index (χ2v) is 7.85. The lowest BCUT2D eigenvalue weighted by molar-refractivity contribution is 0.299. The van der Waals surface area contributed by atoms with E-state index in [4.69, 9.17) is 4.74 Å². The number of rotatable bonds is 8. The summed E-state index contributed by atoms with van der Waals surface area (Å²) in [6, 6.07) is 11.7. The molecule has 0 spiro atoms. The molecule has 2 aromatic rings. The SMILES string of the molecule is CCCCCC1CCC(c2ccc(OCc3cc(F)cc(F)c3)cc2)CC1. The maximum Gasteiger partial charge on any atom is 0.126 e. The lowest BCUT2D eigenvalue weighted by Crippen LogP contribution is -2.13. The molecule has 1 aliphatic rings. The van der Waals surface area contributed by atoms with Crippen LogP contribution in [0.3, 0.4) is 0 Å². The zero-order valence-corrected chi connectivity index (χ0v) is 16.2. The Morgan fingerprint density at radius 2 is 1.56 bits per heavy atom. The maximum atomic E-state index is 13.2. The van der Waals surface area contributed by atoms with E-state index in [0.29, 0.717) is 11.5 Å². The van der Waals surface area contributed by atoms with Crippen molar-refractivity contribution in [1.82, 2.24) is 0 Å². The van der Waals surface area contributed by atoms with E-state index < -0.39 is 11.6 Å². The molecule has 1 aliphatic carbocycles. The lowest BCUT2D eigenvalue weighted by Gasteiger charge is -2.29. The minimum absolute atomic E-state index is 0.164. The molecule has 0 bridgehead atoms. The van der Waals surface area contributed by atoms with Gasteiger partial charge in [-0.05, 0) is 72.9 Å². The first-order chi connectivity index (χ1) is 13.1. The Balaban J connectivity index is 1.47. The Kier molecular flexibility index (Phi) is 7.25. The van der Waals surface area contributed by atoms with Gasteiger partial charge in [0.25, 0.3) is 0 Å². The van der Waals surface area contributed by atoms with Crippen molar-refractivity contribution in [3.05, 3.63) is 65.2 Å². The minimum Gasteiger partial charge on any atom is -0.489 e. The van der Waals surface area contributed by atoms with E-state index in [-0.39, 0.29) is 6.61 Å². The molecule has 0 saturated heterocycles. The minimum atomic E-state index is -0.575. The fourth-order valence-electron chi connectivity index (χ4n) is 4.16. The normalized spacial score (nSPS) is 19.8. The average molecular weight is 372 g/mol. The first-order valence-electron chi connectivity index (χ1n) is 10.3. The quantitative estimate of drug-likeness (QED) is 0.439. The van der Waals surface area contributed by atoms with Crippen LogP contribution in [0, 0.1) is 17.6 Å². The van der Waals surface area contributed by atoms with Crippen molar-refractivity contribution in [2.75, 3.05) is 0 Å². The molecule has 27 heavy (non-hydrogen) atoms. The maximum absolute atomic E-state index is 13.2. The van der Waals surface area contributed by atoms with Gasteiger partial charge >= 0.3 is 0 Å². The van der Waals surface area contributed by atoms with Crippen molar-refractivity contribution < 1.29 is 13.5 Å². The van der Waals surface area contributed by atoms with Gasteiger partial charge in [-0.25, -0.2) is 8.78 Å². The summed E-state index contributed by atoms with van der Waals surface area (Å²) < 4.78 is 32.1. The van der Waals surface area contributed by atoms with Crippen molar-refractivity contribution in [1.29, 1.82) is 0 Å². The smallest absolute Gasteiger partial charge is 0.126 e. The van der Waals surface area contributed by atoms with Gasteiger partial charge in [0.05, 0.1) is 0 Å². The summed E-state index contributed by atoms with van der Waals surface area (Å²) in [4.78, 5) is 0. The Hall–Kier alpha value is -1.90. The largest absolute Gasteiger partial charge is 0.489 e. The molecule has 0 amide bonds. The van der Waals surface area contributed by atoms with Gasteiger partial charge < -0.3 is 4.74 Å². The lowest BCUT2D eigenvalue weighted by atomic mass is 9.77. The van der Waals surface area contributed by atoms with Crippen molar-refractivity contribution in [2.24, 2.45) is 5.92 Å². The molecule has 0 heterocycles. The van der Waals surface area contributed by atoms with Gasteiger partial charge in [0, 0.05) is 6.07 Å². The molecule has 3 rings (SSSR count). The van der Waals surface area contributed by atoms with Crippen LogP contribution in [0.2, 0.25) is 0 Å². The van der Waals surface area contributed by atoms with Gasteiger partial charge in [-0.1, -0.05) is 44.7 Å². The van der Waals surface area contributed by atoms with Gasteiger partial charge in [-0.15, -0.1) is 0 Å². The van der Waals surface area contributed by atoms with Gasteiger partial charge in [-0.3, -0.25) is 0 Å². The molecule has 0 N–H and O–H groups in total.